The molecule has 0 atom stereocenters. The normalized spacial score (nSPS) is 35.3. The third-order valence-electron chi connectivity index (χ3n) is 11.2. The summed E-state index contributed by atoms with van der Waals surface area (Å²) >= 11 is 0. The predicted octanol–water partition coefficient (Wildman–Crippen LogP) is 0.943. The summed E-state index contributed by atoms with van der Waals surface area (Å²) in [6.07, 6.45) is 1.23. The summed E-state index contributed by atoms with van der Waals surface area (Å²) in [5.74, 6) is 1.29. The topological polar surface area (TPSA) is 141 Å². The van der Waals surface area contributed by atoms with Crippen molar-refractivity contribution in [2.75, 3.05) is 20.3 Å². The number of Topliss-reactive ketones (excluding diaryl/α,β-unsaturated/α-hetero) is 1. The predicted molar refractivity (Wildman–Crippen MR) is 135 cm³/mol. The summed E-state index contributed by atoms with van der Waals surface area (Å²) in [7, 11) is 1.45. The molecule has 1 aliphatic heterocycles. The molecule has 6 saturated carbocycles. The van der Waals surface area contributed by atoms with Gasteiger partial charge in [-0.3, -0.25) is 19.2 Å². The molecule has 10 rings (SSSR count). The molecular weight excluding hydrogens is 533 g/mol. The first-order chi connectivity index (χ1) is 19.8. The van der Waals surface area contributed by atoms with Crippen molar-refractivity contribution < 1.29 is 33.0 Å². The second kappa shape index (κ2) is 7.29. The van der Waals surface area contributed by atoms with Gasteiger partial charge in [-0.2, -0.15) is 5.10 Å². The Bertz CT molecular complexity index is 1730. The lowest BCUT2D eigenvalue weighted by Crippen LogP contribution is -3.11. The second-order valence-corrected chi connectivity index (χ2v) is 12.3. The summed E-state index contributed by atoms with van der Waals surface area (Å²) in [5, 5.41) is 9.74. The molecule has 1 aromatic carbocycles. The molecule has 11 nitrogen and oxygen atoms in total. The lowest BCUT2D eigenvalue weighted by molar-refractivity contribution is -0.641. The van der Waals surface area contributed by atoms with E-state index in [1.807, 2.05) is 0 Å². The van der Waals surface area contributed by atoms with Crippen LogP contribution in [0.3, 0.4) is 0 Å². The minimum absolute atomic E-state index is 0.0106. The van der Waals surface area contributed by atoms with E-state index in [0.29, 0.717) is 47.8 Å². The zero-order valence-corrected chi connectivity index (χ0v) is 21.8. The number of nitrogens with zero attached hydrogens (tertiary/aromatic N) is 3. The summed E-state index contributed by atoms with van der Waals surface area (Å²) in [6, 6.07) is 6.67. The van der Waals surface area contributed by atoms with Crippen molar-refractivity contribution in [1.82, 2.24) is 25.2 Å². The number of rotatable bonds is 7. The van der Waals surface area contributed by atoms with Gasteiger partial charge in [0.05, 0.1) is 18.7 Å². The van der Waals surface area contributed by atoms with Crippen LogP contribution >= 0.6 is 0 Å². The minimum Gasteiger partial charge on any atom is -0.486 e. The molecule has 2 aromatic heterocycles. The molecule has 0 unspecified atom stereocenters. The van der Waals surface area contributed by atoms with E-state index in [9.17, 15) is 23.6 Å². The van der Waals surface area contributed by atoms with Gasteiger partial charge in [-0.05, 0) is 58.6 Å². The number of aromatic nitrogens is 3. The Hall–Kier alpha value is -4.35. The van der Waals surface area contributed by atoms with Gasteiger partial charge in [-0.15, -0.1) is 0 Å². The zero-order valence-electron chi connectivity index (χ0n) is 21.8. The molecule has 3 aromatic rings. The maximum atomic E-state index is 14.5. The molecule has 0 bridgehead atoms. The number of nitrogens with one attached hydrogen (secondary N) is 2. The number of carbonyl (C=O) groups excluding carboxylic acids is 4. The highest BCUT2D eigenvalue weighted by Gasteiger charge is 3.11. The number of amides is 2. The highest BCUT2D eigenvalue weighted by Crippen LogP contribution is 3.10. The van der Waals surface area contributed by atoms with Crippen LogP contribution < -0.4 is 15.4 Å². The number of halogens is 1. The van der Waals surface area contributed by atoms with Crippen molar-refractivity contribution in [2.45, 2.75) is 13.0 Å². The first kappa shape index (κ1) is 23.4. The van der Waals surface area contributed by atoms with Crippen LogP contribution in [0, 0.1) is 52.2 Å². The van der Waals surface area contributed by atoms with Crippen LogP contribution in [0.25, 0.3) is 5.65 Å². The largest absolute Gasteiger partial charge is 0.486 e. The number of methoxy groups -OCH3 is 1. The number of esters is 1. The van der Waals surface area contributed by atoms with Crippen molar-refractivity contribution in [3.63, 3.8) is 0 Å². The fourth-order valence-electron chi connectivity index (χ4n) is 9.94. The smallest absolute Gasteiger partial charge is 0.312 e. The molecule has 6 aliphatic carbocycles. The van der Waals surface area contributed by atoms with Crippen LogP contribution in [0.2, 0.25) is 0 Å². The molecule has 12 heteroatoms. The molecule has 6 fully saturated rings. The van der Waals surface area contributed by atoms with Crippen molar-refractivity contribution in [3.8, 4) is 5.75 Å². The van der Waals surface area contributed by atoms with Gasteiger partial charge in [-0.1, -0.05) is 6.07 Å². The SMILES string of the molecule is COC(=O)C12C3C4C1C1C2C3C41CNC(=O)c1cc(C(=O)NCc2ccc3c(c2)CC(=O)CO3)nc2c(F)cnn12. The fourth-order valence-corrected chi connectivity index (χ4v) is 9.94. The van der Waals surface area contributed by atoms with E-state index in [-0.39, 0.29) is 59.2 Å². The van der Waals surface area contributed by atoms with E-state index >= 15 is 0 Å². The zero-order chi connectivity index (χ0) is 28.0. The van der Waals surface area contributed by atoms with Gasteiger partial charge in [0.25, 0.3) is 11.8 Å². The van der Waals surface area contributed by atoms with Gasteiger partial charge in [0, 0.05) is 31.1 Å². The van der Waals surface area contributed by atoms with Gasteiger partial charge in [-0.25, -0.2) is 13.9 Å². The van der Waals surface area contributed by atoms with Gasteiger partial charge in [0.1, 0.15) is 23.7 Å². The quantitative estimate of drug-likeness (QED) is 0.409. The first-order valence-electron chi connectivity index (χ1n) is 13.8. The number of benzene rings is 1. The third-order valence-corrected chi connectivity index (χ3v) is 11.2. The highest BCUT2D eigenvalue weighted by atomic mass is 19.1. The number of ether oxygens (including phenoxy) is 2. The number of hydrogen-bond donors (Lipinski definition) is 2. The number of carbonyl (C=O) groups is 4. The van der Waals surface area contributed by atoms with E-state index in [0.717, 1.165) is 21.8 Å². The van der Waals surface area contributed by atoms with E-state index in [1.165, 1.54) is 13.2 Å². The Morgan fingerprint density at radius 3 is 2.59 bits per heavy atom. The molecule has 0 saturated heterocycles. The average molecular weight is 558 g/mol. The first-order valence-corrected chi connectivity index (χ1v) is 13.8. The number of ketones is 1. The van der Waals surface area contributed by atoms with Crippen LogP contribution in [0.4, 0.5) is 4.39 Å². The lowest BCUT2D eigenvalue weighted by Gasteiger charge is -3.10. The van der Waals surface area contributed by atoms with E-state index in [1.54, 1.807) is 18.2 Å². The maximum absolute atomic E-state index is 14.5. The van der Waals surface area contributed by atoms with Crippen LogP contribution in [0.5, 0.6) is 5.75 Å². The Labute approximate surface area is 231 Å². The van der Waals surface area contributed by atoms with Crippen LogP contribution in [-0.4, -0.2) is 58.4 Å². The van der Waals surface area contributed by atoms with E-state index < -0.39 is 17.6 Å². The van der Waals surface area contributed by atoms with E-state index in [4.69, 9.17) is 9.47 Å². The second-order valence-electron chi connectivity index (χ2n) is 12.3. The Morgan fingerprint density at radius 1 is 1.10 bits per heavy atom. The van der Waals surface area contributed by atoms with Crippen molar-refractivity contribution >= 4 is 29.2 Å². The molecule has 208 valence electrons. The van der Waals surface area contributed by atoms with Crippen LogP contribution in [0.15, 0.2) is 30.5 Å². The molecule has 2 amide bonds. The Morgan fingerprint density at radius 2 is 1.85 bits per heavy atom. The summed E-state index contributed by atoms with van der Waals surface area (Å²) in [4.78, 5) is 54.7. The molecule has 0 radical (unpaired) electrons. The van der Waals surface area contributed by atoms with Gasteiger partial charge < -0.3 is 20.1 Å². The average Bonchev–Trinajstić information content (AvgIpc) is 3.37. The summed E-state index contributed by atoms with van der Waals surface area (Å²) in [6.45, 7) is 0.671. The Kier molecular flexibility index (Phi) is 4.15. The van der Waals surface area contributed by atoms with Gasteiger partial charge in [0.15, 0.2) is 17.2 Å². The lowest BCUT2D eigenvalue weighted by atomic mass is 8.92. The highest BCUT2D eigenvalue weighted by molar-refractivity contribution is 5.98. The molecule has 7 aliphatic rings. The Balaban J connectivity index is 0.915. The van der Waals surface area contributed by atoms with Crippen LogP contribution in [0.1, 0.15) is 32.1 Å². The molecule has 3 heterocycles. The summed E-state index contributed by atoms with van der Waals surface area (Å²) in [5.41, 5.74) is 1.00. The number of fused-ring (bicyclic) bond motifs is 2. The van der Waals surface area contributed by atoms with E-state index in [2.05, 4.69) is 20.7 Å². The fraction of sp³-hybridized carbons (Fsp3) is 0.448. The molecule has 2 N–H and O–H groups in total. The van der Waals surface area contributed by atoms with Crippen molar-refractivity contribution in [1.29, 1.82) is 0 Å². The maximum Gasteiger partial charge on any atom is 0.312 e. The molecule has 41 heavy (non-hydrogen) atoms. The van der Waals surface area contributed by atoms with Crippen molar-refractivity contribution in [2.24, 2.45) is 46.3 Å². The third kappa shape index (κ3) is 2.40. The van der Waals surface area contributed by atoms with Crippen molar-refractivity contribution in [3.05, 3.63) is 58.8 Å². The molecule has 0 spiro atoms. The number of hydrogen-bond acceptors (Lipinski definition) is 8. The molecular formula is C29H24FN5O6. The van der Waals surface area contributed by atoms with Gasteiger partial charge in [0.2, 0.25) is 0 Å². The monoisotopic (exact) mass is 557 g/mol. The van der Waals surface area contributed by atoms with Gasteiger partial charge >= 0.3 is 5.97 Å². The minimum atomic E-state index is -0.748. The van der Waals surface area contributed by atoms with Crippen LogP contribution in [-0.2, 0) is 27.3 Å². The summed E-state index contributed by atoms with van der Waals surface area (Å²) < 4.78 is 26.1. The standard InChI is InChI=1S/C29H24FN5O6/c1-40-27(39)29-21-18-22(29)20-23(29)19(21)28(18,20)10-32-26(38)16-6-15(34-24-14(30)8-33-35(16)24)25(37)31-7-11-2-3-17-12(4-11)5-13(36)9-41-17/h2-4,6,8,18-23H,5,7,9-10H2,1H3,(H,31,37)(H,32,38).